The van der Waals surface area contributed by atoms with Crippen LogP contribution in [-0.4, -0.2) is 70.4 Å². The van der Waals surface area contributed by atoms with Crippen LogP contribution < -0.4 is 0 Å². The molecule has 0 radical (unpaired) electrons. The molecule has 0 unspecified atom stereocenters. The van der Waals surface area contributed by atoms with Crippen LogP contribution in [0.1, 0.15) is 34.6 Å². The Bertz CT molecular complexity index is 156. The minimum atomic E-state index is -1.11. The molecule has 0 spiro atoms. The third-order valence-corrected chi connectivity index (χ3v) is 3.03. The molecule has 0 rings (SSSR count). The maximum Gasteiger partial charge on any atom is 0.0627 e. The molecule has 0 aliphatic rings. The third-order valence-electron chi connectivity index (χ3n) is 3.03. The maximum absolute atomic E-state index is 8.50. The van der Waals surface area contributed by atoms with Gasteiger partial charge < -0.3 is 20.4 Å². The Morgan fingerprint density at radius 3 is 1.06 bits per heavy atom. The topological polar surface area (TPSA) is 84.2 Å². The lowest BCUT2D eigenvalue weighted by molar-refractivity contribution is -0.0328. The van der Waals surface area contributed by atoms with Gasteiger partial charge in [0.2, 0.25) is 0 Å². The summed E-state index contributed by atoms with van der Waals surface area (Å²) in [4.78, 5) is 2.46. The van der Waals surface area contributed by atoms with Crippen LogP contribution in [0.4, 0.5) is 0 Å². The van der Waals surface area contributed by atoms with Crippen molar-refractivity contribution in [2.45, 2.75) is 46.7 Å². The quantitative estimate of drug-likeness (QED) is 0.523. The second-order valence-corrected chi connectivity index (χ2v) is 5.15. The summed E-state index contributed by atoms with van der Waals surface area (Å²) in [6, 6.07) is 1.38. The smallest absolute Gasteiger partial charge is 0.0627 e. The van der Waals surface area contributed by atoms with Gasteiger partial charge in [-0.2, -0.15) is 0 Å². The van der Waals surface area contributed by atoms with Gasteiger partial charge in [0, 0.05) is 12.1 Å². The SMILES string of the molecule is CCN(C(C)C)C(C)C.OCC(CO)(CO)CO. The summed E-state index contributed by atoms with van der Waals surface area (Å²) in [6.45, 7) is 10.7. The number of rotatable bonds is 7. The van der Waals surface area contributed by atoms with Crippen LogP contribution in [0.3, 0.4) is 0 Å². The van der Waals surface area contributed by atoms with Crippen LogP contribution in [0.15, 0.2) is 0 Å². The van der Waals surface area contributed by atoms with Crippen molar-refractivity contribution >= 4 is 0 Å². The van der Waals surface area contributed by atoms with E-state index in [0.717, 1.165) is 6.54 Å². The molecule has 0 aliphatic carbocycles. The fourth-order valence-corrected chi connectivity index (χ4v) is 1.63. The molecule has 5 nitrogen and oxygen atoms in total. The average molecular weight is 265 g/mol. The summed E-state index contributed by atoms with van der Waals surface area (Å²) < 4.78 is 0. The summed E-state index contributed by atoms with van der Waals surface area (Å²) >= 11 is 0. The van der Waals surface area contributed by atoms with Crippen molar-refractivity contribution in [1.82, 2.24) is 4.90 Å². The Kier molecular flexibility index (Phi) is 12.0. The zero-order chi connectivity index (χ0) is 14.8. The monoisotopic (exact) mass is 265 g/mol. The molecular weight excluding hydrogens is 234 g/mol. The van der Waals surface area contributed by atoms with Gasteiger partial charge in [-0.3, -0.25) is 4.90 Å². The van der Waals surface area contributed by atoms with Crippen LogP contribution in [-0.2, 0) is 0 Å². The van der Waals surface area contributed by atoms with Gasteiger partial charge in [0.05, 0.1) is 31.8 Å². The van der Waals surface area contributed by atoms with E-state index in [1.54, 1.807) is 0 Å². The zero-order valence-electron chi connectivity index (χ0n) is 12.4. The minimum Gasteiger partial charge on any atom is -0.396 e. The zero-order valence-corrected chi connectivity index (χ0v) is 12.4. The van der Waals surface area contributed by atoms with Crippen LogP contribution in [0.25, 0.3) is 0 Å². The molecular formula is C13H31NO4. The van der Waals surface area contributed by atoms with Gasteiger partial charge >= 0.3 is 0 Å². The van der Waals surface area contributed by atoms with E-state index >= 15 is 0 Å². The summed E-state index contributed by atoms with van der Waals surface area (Å²) in [7, 11) is 0. The lowest BCUT2D eigenvalue weighted by Crippen LogP contribution is -2.37. The molecule has 0 aromatic rings. The van der Waals surface area contributed by atoms with Crippen molar-refractivity contribution in [3.05, 3.63) is 0 Å². The molecule has 0 atom stereocenters. The fraction of sp³-hybridized carbons (Fsp3) is 1.00. The van der Waals surface area contributed by atoms with Crippen LogP contribution in [0.5, 0.6) is 0 Å². The molecule has 0 saturated carbocycles. The van der Waals surface area contributed by atoms with Gasteiger partial charge in [-0.25, -0.2) is 0 Å². The Labute approximate surface area is 111 Å². The number of aliphatic hydroxyl groups is 4. The van der Waals surface area contributed by atoms with Crippen LogP contribution >= 0.6 is 0 Å². The molecule has 5 heteroatoms. The third kappa shape index (κ3) is 7.28. The van der Waals surface area contributed by atoms with Gasteiger partial charge in [0.15, 0.2) is 0 Å². The van der Waals surface area contributed by atoms with Crippen molar-refractivity contribution in [2.75, 3.05) is 33.0 Å². The van der Waals surface area contributed by atoms with Gasteiger partial charge in [-0.15, -0.1) is 0 Å². The van der Waals surface area contributed by atoms with E-state index in [0.29, 0.717) is 12.1 Å². The molecule has 18 heavy (non-hydrogen) atoms. The van der Waals surface area contributed by atoms with E-state index in [9.17, 15) is 0 Å². The molecule has 0 heterocycles. The molecule has 0 bridgehead atoms. The van der Waals surface area contributed by atoms with Crippen LogP contribution in [0, 0.1) is 5.41 Å². The first-order valence-electron chi connectivity index (χ1n) is 6.53. The van der Waals surface area contributed by atoms with E-state index < -0.39 is 31.8 Å². The van der Waals surface area contributed by atoms with Gasteiger partial charge in [0.25, 0.3) is 0 Å². The first-order valence-corrected chi connectivity index (χ1v) is 6.53. The van der Waals surface area contributed by atoms with Crippen molar-refractivity contribution in [3.63, 3.8) is 0 Å². The highest BCUT2D eigenvalue weighted by atomic mass is 16.3. The number of hydrogen-bond donors (Lipinski definition) is 4. The summed E-state index contributed by atoms with van der Waals surface area (Å²) in [5.41, 5.74) is -1.11. The maximum atomic E-state index is 8.50. The lowest BCUT2D eigenvalue weighted by atomic mass is 9.93. The van der Waals surface area contributed by atoms with Crippen LogP contribution in [0.2, 0.25) is 0 Å². The van der Waals surface area contributed by atoms with Crippen molar-refractivity contribution in [1.29, 1.82) is 0 Å². The number of hydrogen-bond acceptors (Lipinski definition) is 5. The largest absolute Gasteiger partial charge is 0.396 e. The van der Waals surface area contributed by atoms with Crippen molar-refractivity contribution in [2.24, 2.45) is 5.41 Å². The van der Waals surface area contributed by atoms with E-state index in [1.807, 2.05) is 0 Å². The van der Waals surface area contributed by atoms with E-state index in [1.165, 1.54) is 0 Å². The molecule has 0 saturated heterocycles. The standard InChI is InChI=1S/C8H19N.C5H12O4/c1-6-9(7(2)3)8(4)5;6-1-5(2-7,3-8)4-9/h7-8H,6H2,1-5H3;6-9H,1-4H2. The summed E-state index contributed by atoms with van der Waals surface area (Å²) in [5, 5.41) is 34.0. The van der Waals surface area contributed by atoms with Crippen molar-refractivity contribution < 1.29 is 20.4 Å². The van der Waals surface area contributed by atoms with E-state index in [4.69, 9.17) is 20.4 Å². The number of aliphatic hydroxyl groups excluding tert-OH is 4. The predicted octanol–water partition coefficient (Wildman–Crippen LogP) is 0.0671. The van der Waals surface area contributed by atoms with Gasteiger partial charge in [-0.1, -0.05) is 6.92 Å². The second-order valence-electron chi connectivity index (χ2n) is 5.15. The summed E-state index contributed by atoms with van der Waals surface area (Å²) in [5.74, 6) is 0. The van der Waals surface area contributed by atoms with Crippen molar-refractivity contribution in [3.8, 4) is 0 Å². The first kappa shape index (κ1) is 20.1. The predicted molar refractivity (Wildman–Crippen MR) is 73.4 cm³/mol. The normalized spacial score (nSPS) is 12.0. The highest BCUT2D eigenvalue weighted by Crippen LogP contribution is 2.11. The fourth-order valence-electron chi connectivity index (χ4n) is 1.63. The number of nitrogens with zero attached hydrogens (tertiary/aromatic N) is 1. The highest BCUT2D eigenvalue weighted by Gasteiger charge is 2.26. The molecule has 4 N–H and O–H groups in total. The van der Waals surface area contributed by atoms with E-state index in [-0.39, 0.29) is 0 Å². The Hall–Kier alpha value is -0.200. The van der Waals surface area contributed by atoms with Gasteiger partial charge in [-0.05, 0) is 34.2 Å². The molecule has 0 aromatic carbocycles. The molecule has 112 valence electrons. The molecule has 0 aromatic heterocycles. The summed E-state index contributed by atoms with van der Waals surface area (Å²) in [6.07, 6.45) is 0. The molecule has 0 fully saturated rings. The molecule has 0 aliphatic heterocycles. The minimum absolute atomic E-state index is 0.406. The Morgan fingerprint density at radius 1 is 0.778 bits per heavy atom. The Morgan fingerprint density at radius 2 is 1.06 bits per heavy atom. The second kappa shape index (κ2) is 10.7. The highest BCUT2D eigenvalue weighted by molar-refractivity contribution is 4.74. The Balaban J connectivity index is 0. The first-order chi connectivity index (χ1) is 8.33. The molecule has 0 amide bonds. The average Bonchev–Trinajstić information content (AvgIpc) is 2.33. The van der Waals surface area contributed by atoms with E-state index in [2.05, 4.69) is 39.5 Å². The lowest BCUT2D eigenvalue weighted by Gasteiger charge is -2.28. The van der Waals surface area contributed by atoms with Gasteiger partial charge in [0.1, 0.15) is 0 Å².